The highest BCUT2D eigenvalue weighted by molar-refractivity contribution is 7.91. The normalized spacial score (nSPS) is 37.8. The zero-order valence-electron chi connectivity index (χ0n) is 10.7. The molecular weight excluding hydrogens is 274 g/mol. The molecule has 110 valence electrons. The van der Waals surface area contributed by atoms with Gasteiger partial charge in [-0.25, -0.2) is 8.42 Å². The fraction of sp³-hybridized carbons (Fsp3) is 0.909. The number of carboxylic acid groups (broad SMARTS) is 1. The van der Waals surface area contributed by atoms with Gasteiger partial charge in [0.15, 0.2) is 9.84 Å². The standard InChI is InChI=1S/C11H19NO6S/c1-2-12(8-4-18-3-7(8)11(14)15)9-5-19(16,17)6-10(9)13/h7-10,13H,2-6H2,1H3,(H,14,15). The van der Waals surface area contributed by atoms with Crippen LogP contribution in [0.3, 0.4) is 0 Å². The fourth-order valence-corrected chi connectivity index (χ4v) is 4.76. The van der Waals surface area contributed by atoms with Gasteiger partial charge in [-0.05, 0) is 6.54 Å². The highest BCUT2D eigenvalue weighted by Crippen LogP contribution is 2.27. The number of hydrogen-bond donors (Lipinski definition) is 2. The second kappa shape index (κ2) is 5.35. The van der Waals surface area contributed by atoms with Crippen LogP contribution in [0, 0.1) is 5.92 Å². The Labute approximate surface area is 112 Å². The minimum atomic E-state index is -3.25. The first-order chi connectivity index (χ1) is 8.85. The number of aliphatic hydroxyl groups excluding tert-OH is 1. The number of sulfone groups is 1. The molecule has 0 spiro atoms. The fourth-order valence-electron chi connectivity index (χ4n) is 2.95. The number of nitrogens with zero attached hydrogens (tertiary/aromatic N) is 1. The number of carboxylic acids is 1. The first kappa shape index (κ1) is 14.7. The van der Waals surface area contributed by atoms with Gasteiger partial charge in [0, 0.05) is 6.04 Å². The number of aliphatic carboxylic acids is 1. The molecule has 8 heteroatoms. The summed E-state index contributed by atoms with van der Waals surface area (Å²) < 4.78 is 28.3. The van der Waals surface area contributed by atoms with Crippen LogP contribution in [0.1, 0.15) is 6.92 Å². The monoisotopic (exact) mass is 293 g/mol. The van der Waals surface area contributed by atoms with Gasteiger partial charge in [0.1, 0.15) is 0 Å². The van der Waals surface area contributed by atoms with Crippen LogP contribution >= 0.6 is 0 Å². The number of likely N-dealkylation sites (N-methyl/N-ethyl adjacent to an activating group) is 1. The second-order valence-electron chi connectivity index (χ2n) is 5.09. The van der Waals surface area contributed by atoms with E-state index in [1.165, 1.54) is 0 Å². The molecule has 2 fully saturated rings. The molecule has 2 saturated heterocycles. The number of hydrogen-bond acceptors (Lipinski definition) is 6. The molecule has 2 N–H and O–H groups in total. The molecule has 7 nitrogen and oxygen atoms in total. The Morgan fingerprint density at radius 2 is 2.00 bits per heavy atom. The van der Waals surface area contributed by atoms with Crippen molar-refractivity contribution in [3.8, 4) is 0 Å². The van der Waals surface area contributed by atoms with E-state index in [4.69, 9.17) is 9.84 Å². The number of rotatable bonds is 4. The first-order valence-electron chi connectivity index (χ1n) is 6.30. The molecule has 4 unspecified atom stereocenters. The highest BCUT2D eigenvalue weighted by atomic mass is 32.2. The molecule has 0 bridgehead atoms. The Morgan fingerprint density at radius 1 is 1.32 bits per heavy atom. The Hall–Kier alpha value is -0.700. The van der Waals surface area contributed by atoms with E-state index in [2.05, 4.69) is 0 Å². The maximum atomic E-state index is 11.6. The van der Waals surface area contributed by atoms with E-state index in [1.54, 1.807) is 4.90 Å². The lowest BCUT2D eigenvalue weighted by Crippen LogP contribution is -2.52. The van der Waals surface area contributed by atoms with E-state index in [0.717, 1.165) is 0 Å². The van der Waals surface area contributed by atoms with Gasteiger partial charge in [0.05, 0.1) is 42.8 Å². The summed E-state index contributed by atoms with van der Waals surface area (Å²) in [5, 5.41) is 19.1. The summed E-state index contributed by atoms with van der Waals surface area (Å²) in [6.07, 6.45) is -0.958. The SMILES string of the molecule is CCN(C1CS(=O)(=O)CC1O)C1COCC1C(=O)O. The van der Waals surface area contributed by atoms with Crippen LogP contribution in [0.5, 0.6) is 0 Å². The van der Waals surface area contributed by atoms with Crippen molar-refractivity contribution in [1.82, 2.24) is 4.90 Å². The zero-order valence-corrected chi connectivity index (χ0v) is 11.5. The second-order valence-corrected chi connectivity index (χ2v) is 7.25. The molecule has 0 aromatic rings. The Balaban J connectivity index is 2.18. The summed E-state index contributed by atoms with van der Waals surface area (Å²) in [5.41, 5.74) is 0. The zero-order chi connectivity index (χ0) is 14.2. The van der Waals surface area contributed by atoms with Crippen LogP contribution in [-0.4, -0.2) is 79.0 Å². The molecule has 0 aromatic heterocycles. The summed E-state index contributed by atoms with van der Waals surface area (Å²) in [4.78, 5) is 12.9. The van der Waals surface area contributed by atoms with Crippen molar-refractivity contribution < 1.29 is 28.2 Å². The predicted molar refractivity (Wildman–Crippen MR) is 66.6 cm³/mol. The lowest BCUT2D eigenvalue weighted by Gasteiger charge is -2.35. The maximum Gasteiger partial charge on any atom is 0.310 e. The minimum Gasteiger partial charge on any atom is -0.481 e. The largest absolute Gasteiger partial charge is 0.481 e. The molecule has 19 heavy (non-hydrogen) atoms. The highest BCUT2D eigenvalue weighted by Gasteiger charge is 2.46. The van der Waals surface area contributed by atoms with Crippen LogP contribution in [-0.2, 0) is 19.4 Å². The van der Waals surface area contributed by atoms with Crippen molar-refractivity contribution in [2.24, 2.45) is 5.92 Å². The third-order valence-electron chi connectivity index (χ3n) is 3.88. The Kier molecular flexibility index (Phi) is 4.14. The topological polar surface area (TPSA) is 104 Å². The van der Waals surface area contributed by atoms with Crippen molar-refractivity contribution in [3.63, 3.8) is 0 Å². The molecule has 0 aromatic carbocycles. The molecule has 2 rings (SSSR count). The average Bonchev–Trinajstić information content (AvgIpc) is 2.85. The van der Waals surface area contributed by atoms with E-state index >= 15 is 0 Å². The average molecular weight is 293 g/mol. The molecule has 0 radical (unpaired) electrons. The van der Waals surface area contributed by atoms with Crippen LogP contribution in [0.2, 0.25) is 0 Å². The maximum absolute atomic E-state index is 11.6. The van der Waals surface area contributed by atoms with Crippen molar-refractivity contribution in [1.29, 1.82) is 0 Å². The summed E-state index contributed by atoms with van der Waals surface area (Å²) in [6, 6.07) is -0.918. The van der Waals surface area contributed by atoms with Gasteiger partial charge in [0.2, 0.25) is 0 Å². The van der Waals surface area contributed by atoms with Crippen molar-refractivity contribution in [2.45, 2.75) is 25.1 Å². The van der Waals surface area contributed by atoms with Gasteiger partial charge < -0.3 is 14.9 Å². The van der Waals surface area contributed by atoms with Crippen LogP contribution < -0.4 is 0 Å². The van der Waals surface area contributed by atoms with Crippen LogP contribution in [0.4, 0.5) is 0 Å². The van der Waals surface area contributed by atoms with E-state index in [9.17, 15) is 18.3 Å². The lowest BCUT2D eigenvalue weighted by atomic mass is 9.99. The number of ether oxygens (including phenoxy) is 1. The summed E-state index contributed by atoms with van der Waals surface area (Å²) in [5.74, 6) is -1.99. The van der Waals surface area contributed by atoms with Crippen molar-refractivity contribution in [2.75, 3.05) is 31.3 Å². The van der Waals surface area contributed by atoms with Crippen LogP contribution in [0.15, 0.2) is 0 Å². The quantitative estimate of drug-likeness (QED) is 0.654. The Bertz CT molecular complexity index is 450. The first-order valence-corrected chi connectivity index (χ1v) is 8.12. The predicted octanol–water partition coefficient (Wildman–Crippen LogP) is -1.43. The van der Waals surface area contributed by atoms with Gasteiger partial charge in [-0.3, -0.25) is 9.69 Å². The summed E-state index contributed by atoms with van der Waals surface area (Å²) >= 11 is 0. The third kappa shape index (κ3) is 2.91. The molecule has 2 heterocycles. The van der Waals surface area contributed by atoms with Crippen molar-refractivity contribution >= 4 is 15.8 Å². The van der Waals surface area contributed by atoms with Gasteiger partial charge in [0.25, 0.3) is 0 Å². The molecule has 2 aliphatic heterocycles. The van der Waals surface area contributed by atoms with E-state index in [1.807, 2.05) is 6.92 Å². The Morgan fingerprint density at radius 3 is 2.47 bits per heavy atom. The summed E-state index contributed by atoms with van der Waals surface area (Å²) in [7, 11) is -3.25. The number of carbonyl (C=O) groups is 1. The molecule has 2 aliphatic rings. The van der Waals surface area contributed by atoms with Gasteiger partial charge in [-0.1, -0.05) is 6.92 Å². The van der Waals surface area contributed by atoms with Crippen molar-refractivity contribution in [3.05, 3.63) is 0 Å². The molecule has 0 saturated carbocycles. The van der Waals surface area contributed by atoms with E-state index < -0.39 is 33.9 Å². The van der Waals surface area contributed by atoms with Gasteiger partial charge in [-0.2, -0.15) is 0 Å². The third-order valence-corrected chi connectivity index (χ3v) is 5.58. The lowest BCUT2D eigenvalue weighted by molar-refractivity contribution is -0.143. The van der Waals surface area contributed by atoms with Gasteiger partial charge >= 0.3 is 5.97 Å². The van der Waals surface area contributed by atoms with Gasteiger partial charge in [-0.15, -0.1) is 0 Å². The smallest absolute Gasteiger partial charge is 0.310 e. The minimum absolute atomic E-state index is 0.120. The van der Waals surface area contributed by atoms with Crippen LogP contribution in [0.25, 0.3) is 0 Å². The molecule has 4 atom stereocenters. The number of aliphatic hydroxyl groups is 1. The molecule has 0 amide bonds. The van der Waals surface area contributed by atoms with E-state index in [-0.39, 0.29) is 30.8 Å². The summed E-state index contributed by atoms with van der Waals surface area (Å²) in [6.45, 7) is 2.70. The molecule has 0 aliphatic carbocycles. The molecular formula is C11H19NO6S. The van der Waals surface area contributed by atoms with E-state index in [0.29, 0.717) is 6.54 Å².